The van der Waals surface area contributed by atoms with Gasteiger partial charge in [0, 0.05) is 0 Å². The second kappa shape index (κ2) is 5.70. The summed E-state index contributed by atoms with van der Waals surface area (Å²) < 4.78 is 5.78. The molecule has 0 N–H and O–H groups in total. The lowest BCUT2D eigenvalue weighted by atomic mass is 10.1. The molecule has 0 atom stereocenters. The smallest absolute Gasteiger partial charge is 0.240 e. The third kappa shape index (κ3) is 3.22. The highest BCUT2D eigenvalue weighted by Gasteiger charge is 2.06. The molecule has 0 saturated carbocycles. The van der Waals surface area contributed by atoms with Gasteiger partial charge >= 0.3 is 0 Å². The van der Waals surface area contributed by atoms with E-state index in [1.807, 2.05) is 32.0 Å². The summed E-state index contributed by atoms with van der Waals surface area (Å²) in [5.41, 5.74) is 2.59. The van der Waals surface area contributed by atoms with Crippen LogP contribution >= 0.6 is 11.6 Å². The van der Waals surface area contributed by atoms with Gasteiger partial charge in [-0.2, -0.15) is 4.99 Å². The van der Waals surface area contributed by atoms with Gasteiger partial charge in [-0.15, -0.1) is 0 Å². The molecule has 0 radical (unpaired) electrons. The van der Waals surface area contributed by atoms with Crippen LogP contribution < -0.4 is 4.74 Å². The van der Waals surface area contributed by atoms with Gasteiger partial charge in [0.25, 0.3) is 0 Å². The van der Waals surface area contributed by atoms with Gasteiger partial charge < -0.3 is 4.74 Å². The monoisotopic (exact) mass is 273 g/mol. The molecule has 0 heterocycles. The third-order valence-electron chi connectivity index (χ3n) is 2.65. The van der Waals surface area contributed by atoms with E-state index in [0.29, 0.717) is 16.5 Å². The van der Waals surface area contributed by atoms with Crippen LogP contribution in [0.3, 0.4) is 0 Å². The van der Waals surface area contributed by atoms with Crippen LogP contribution in [0, 0.1) is 13.8 Å². The normalized spacial score (nSPS) is 9.84. The molecule has 0 unspecified atom stereocenters. The largest absolute Gasteiger partial charge is 0.456 e. The van der Waals surface area contributed by atoms with Crippen molar-refractivity contribution in [1.29, 1.82) is 0 Å². The van der Waals surface area contributed by atoms with Gasteiger partial charge in [-0.05, 0) is 49.2 Å². The van der Waals surface area contributed by atoms with Crippen molar-refractivity contribution in [2.45, 2.75) is 13.8 Å². The van der Waals surface area contributed by atoms with Crippen molar-refractivity contribution in [3.8, 4) is 11.5 Å². The number of aryl methyl sites for hydroxylation is 2. The van der Waals surface area contributed by atoms with E-state index in [1.165, 1.54) is 6.08 Å². The summed E-state index contributed by atoms with van der Waals surface area (Å²) in [7, 11) is 0. The van der Waals surface area contributed by atoms with Crippen LogP contribution in [-0.2, 0) is 4.79 Å². The van der Waals surface area contributed by atoms with Crippen molar-refractivity contribution >= 4 is 23.4 Å². The van der Waals surface area contributed by atoms with Crippen LogP contribution in [0.15, 0.2) is 41.4 Å². The minimum Gasteiger partial charge on any atom is -0.456 e. The average Bonchev–Trinajstić information content (AvgIpc) is 2.37. The molecule has 3 nitrogen and oxygen atoms in total. The van der Waals surface area contributed by atoms with Crippen LogP contribution in [-0.4, -0.2) is 6.08 Å². The number of rotatable bonds is 3. The molecular weight excluding hydrogens is 262 g/mol. The maximum Gasteiger partial charge on any atom is 0.240 e. The molecule has 0 saturated heterocycles. The lowest BCUT2D eigenvalue weighted by molar-refractivity contribution is 0.479. The summed E-state index contributed by atoms with van der Waals surface area (Å²) in [4.78, 5) is 13.7. The van der Waals surface area contributed by atoms with Gasteiger partial charge in [0.2, 0.25) is 6.08 Å². The highest BCUT2D eigenvalue weighted by molar-refractivity contribution is 6.32. The molecule has 2 aromatic rings. The van der Waals surface area contributed by atoms with E-state index in [9.17, 15) is 4.79 Å². The quantitative estimate of drug-likeness (QED) is 0.600. The maximum atomic E-state index is 10.2. The number of isocyanates is 1. The number of aliphatic imine (C=N–C) groups is 1. The SMILES string of the molecule is Cc1ccc(C)c(Oc2ccc(N=C=O)cc2Cl)c1. The first-order chi connectivity index (χ1) is 9.10. The molecule has 0 fully saturated rings. The fraction of sp³-hybridized carbons (Fsp3) is 0.133. The Morgan fingerprint density at radius 3 is 2.58 bits per heavy atom. The van der Waals surface area contributed by atoms with Crippen LogP contribution in [0.5, 0.6) is 11.5 Å². The zero-order valence-corrected chi connectivity index (χ0v) is 11.4. The molecule has 0 amide bonds. The molecule has 0 bridgehead atoms. The molecule has 0 aliphatic carbocycles. The maximum absolute atomic E-state index is 10.2. The molecule has 0 aliphatic rings. The fourth-order valence-electron chi connectivity index (χ4n) is 1.63. The Balaban J connectivity index is 2.33. The van der Waals surface area contributed by atoms with Gasteiger partial charge in [0.15, 0.2) is 0 Å². The first-order valence-electron chi connectivity index (χ1n) is 5.72. The molecule has 0 spiro atoms. The predicted molar refractivity (Wildman–Crippen MR) is 75.2 cm³/mol. The van der Waals surface area contributed by atoms with Gasteiger partial charge in [0.05, 0.1) is 10.7 Å². The Morgan fingerprint density at radius 1 is 1.11 bits per heavy atom. The molecule has 4 heteroatoms. The van der Waals surface area contributed by atoms with Crippen molar-refractivity contribution in [1.82, 2.24) is 0 Å². The van der Waals surface area contributed by atoms with Crippen molar-refractivity contribution in [3.63, 3.8) is 0 Å². The number of carbonyl (C=O) groups excluding carboxylic acids is 1. The highest BCUT2D eigenvalue weighted by Crippen LogP contribution is 2.33. The number of benzene rings is 2. The van der Waals surface area contributed by atoms with E-state index in [1.54, 1.807) is 18.2 Å². The van der Waals surface area contributed by atoms with E-state index in [4.69, 9.17) is 16.3 Å². The van der Waals surface area contributed by atoms with Crippen LogP contribution in [0.4, 0.5) is 5.69 Å². The summed E-state index contributed by atoms with van der Waals surface area (Å²) in [6.07, 6.45) is 1.47. The first kappa shape index (κ1) is 13.3. The average molecular weight is 274 g/mol. The topological polar surface area (TPSA) is 38.7 Å². The first-order valence-corrected chi connectivity index (χ1v) is 6.10. The van der Waals surface area contributed by atoms with Crippen LogP contribution in [0.1, 0.15) is 11.1 Å². The number of hydrogen-bond acceptors (Lipinski definition) is 3. The molecule has 2 rings (SSSR count). The zero-order valence-electron chi connectivity index (χ0n) is 10.6. The summed E-state index contributed by atoms with van der Waals surface area (Å²) in [5, 5.41) is 0.400. The zero-order chi connectivity index (χ0) is 13.8. The van der Waals surface area contributed by atoms with Crippen LogP contribution in [0.25, 0.3) is 0 Å². The minimum atomic E-state index is 0.400. The summed E-state index contributed by atoms with van der Waals surface area (Å²) in [6, 6.07) is 10.9. The van der Waals surface area contributed by atoms with Gasteiger partial charge in [-0.1, -0.05) is 23.7 Å². The molecule has 96 valence electrons. The van der Waals surface area contributed by atoms with Gasteiger partial charge in [0.1, 0.15) is 11.5 Å². The number of ether oxygens (including phenoxy) is 1. The van der Waals surface area contributed by atoms with E-state index >= 15 is 0 Å². The molecule has 19 heavy (non-hydrogen) atoms. The molecule has 2 aromatic carbocycles. The number of nitrogens with zero attached hydrogens (tertiary/aromatic N) is 1. The Labute approximate surface area is 116 Å². The van der Waals surface area contributed by atoms with Gasteiger partial charge in [-0.3, -0.25) is 0 Å². The Kier molecular flexibility index (Phi) is 4.00. The number of halogens is 1. The van der Waals surface area contributed by atoms with Crippen LogP contribution in [0.2, 0.25) is 5.02 Å². The lowest BCUT2D eigenvalue weighted by Crippen LogP contribution is -1.89. The molecule has 0 aromatic heterocycles. The van der Waals surface area contributed by atoms with Crippen molar-refractivity contribution in [2.24, 2.45) is 4.99 Å². The predicted octanol–water partition coefficient (Wildman–Crippen LogP) is 4.72. The highest BCUT2D eigenvalue weighted by atomic mass is 35.5. The second-order valence-corrected chi connectivity index (χ2v) is 4.60. The van der Waals surface area contributed by atoms with Gasteiger partial charge in [-0.25, -0.2) is 4.79 Å². The minimum absolute atomic E-state index is 0.400. The Hall–Kier alpha value is -2.09. The Morgan fingerprint density at radius 2 is 1.89 bits per heavy atom. The van der Waals surface area contributed by atoms with E-state index in [2.05, 4.69) is 4.99 Å². The van der Waals surface area contributed by atoms with E-state index in [0.717, 1.165) is 16.9 Å². The summed E-state index contributed by atoms with van der Waals surface area (Å²) in [6.45, 7) is 3.96. The summed E-state index contributed by atoms with van der Waals surface area (Å²) in [5.74, 6) is 1.29. The van der Waals surface area contributed by atoms with E-state index < -0.39 is 0 Å². The number of hydrogen-bond donors (Lipinski definition) is 0. The lowest BCUT2D eigenvalue weighted by Gasteiger charge is -2.11. The van der Waals surface area contributed by atoms with E-state index in [-0.39, 0.29) is 0 Å². The fourth-order valence-corrected chi connectivity index (χ4v) is 1.84. The molecular formula is C15H12ClNO2. The standard InChI is InChI=1S/C15H12ClNO2/c1-10-3-4-11(2)15(7-10)19-14-6-5-12(17-9-18)8-13(14)16/h3-8H,1-2H3. The van der Waals surface area contributed by atoms with Crippen molar-refractivity contribution in [2.75, 3.05) is 0 Å². The third-order valence-corrected chi connectivity index (χ3v) is 2.95. The van der Waals surface area contributed by atoms with Crippen molar-refractivity contribution in [3.05, 3.63) is 52.5 Å². The van der Waals surface area contributed by atoms with Crippen molar-refractivity contribution < 1.29 is 9.53 Å². The Bertz CT molecular complexity index is 661. The summed E-state index contributed by atoms with van der Waals surface area (Å²) >= 11 is 6.09. The second-order valence-electron chi connectivity index (χ2n) is 4.19. The molecule has 0 aliphatic heterocycles.